The third-order valence-electron chi connectivity index (χ3n) is 3.22. The number of hydrogen-bond acceptors (Lipinski definition) is 1. The fourth-order valence-electron chi connectivity index (χ4n) is 2.08. The molecule has 0 saturated heterocycles. The molecule has 0 aliphatic rings. The molecule has 0 aliphatic carbocycles. The Morgan fingerprint density at radius 1 is 1.00 bits per heavy atom. The van der Waals surface area contributed by atoms with Gasteiger partial charge in [-0.05, 0) is 36.6 Å². The van der Waals surface area contributed by atoms with E-state index in [2.05, 4.69) is 5.32 Å². The smallest absolute Gasteiger partial charge is 0.352 e. The maximum Gasteiger partial charge on any atom is 0.416 e. The zero-order valence-electron chi connectivity index (χ0n) is 11.9. The van der Waals surface area contributed by atoms with Gasteiger partial charge in [-0.3, -0.25) is 4.79 Å². The van der Waals surface area contributed by atoms with Crippen molar-refractivity contribution < 1.29 is 18.0 Å². The predicted molar refractivity (Wildman–Crippen MR) is 78.5 cm³/mol. The molecule has 0 saturated carbocycles. The molecule has 5 heteroatoms. The molecule has 116 valence electrons. The number of nitrogens with one attached hydrogen (secondary N) is 1. The van der Waals surface area contributed by atoms with Gasteiger partial charge in [-0.15, -0.1) is 0 Å². The fraction of sp³-hybridized carbons (Fsp3) is 0.235. The number of hydrogen-bond donors (Lipinski definition) is 1. The molecule has 2 nitrogen and oxygen atoms in total. The first kappa shape index (κ1) is 16.1. The Bertz CT molecular complexity index is 623. The molecular weight excluding hydrogens is 291 g/mol. The van der Waals surface area contributed by atoms with Crippen molar-refractivity contribution in [2.75, 3.05) is 6.54 Å². The maximum atomic E-state index is 12.6. The van der Waals surface area contributed by atoms with Gasteiger partial charge in [-0.25, -0.2) is 0 Å². The summed E-state index contributed by atoms with van der Waals surface area (Å²) in [4.78, 5) is 11.9. The van der Waals surface area contributed by atoms with Gasteiger partial charge in [0.2, 0.25) is 0 Å². The fourth-order valence-corrected chi connectivity index (χ4v) is 2.08. The number of aryl methyl sites for hydroxylation is 1. The third-order valence-corrected chi connectivity index (χ3v) is 3.22. The van der Waals surface area contributed by atoms with Crippen molar-refractivity contribution in [1.29, 1.82) is 0 Å². The molecule has 1 amide bonds. The van der Waals surface area contributed by atoms with Gasteiger partial charge in [0, 0.05) is 12.1 Å². The average molecular weight is 307 g/mol. The highest BCUT2D eigenvalue weighted by molar-refractivity contribution is 5.94. The lowest BCUT2D eigenvalue weighted by Crippen LogP contribution is -2.25. The minimum atomic E-state index is -4.44. The molecule has 0 spiro atoms. The first-order valence-electron chi connectivity index (χ1n) is 6.96. The predicted octanol–water partition coefficient (Wildman–Crippen LogP) is 4.07. The van der Waals surface area contributed by atoms with E-state index in [1.54, 1.807) is 0 Å². The van der Waals surface area contributed by atoms with E-state index in [1.807, 2.05) is 30.3 Å². The SMILES string of the molecule is O=C(NCCCc1ccccc1)c1cccc(C(F)(F)F)c1. The first-order valence-corrected chi connectivity index (χ1v) is 6.96. The molecule has 0 radical (unpaired) electrons. The lowest BCUT2D eigenvalue weighted by molar-refractivity contribution is -0.137. The van der Waals surface area contributed by atoms with Crippen LogP contribution in [0.15, 0.2) is 54.6 Å². The Hall–Kier alpha value is -2.30. The van der Waals surface area contributed by atoms with E-state index in [0.717, 1.165) is 30.5 Å². The van der Waals surface area contributed by atoms with Crippen molar-refractivity contribution in [3.8, 4) is 0 Å². The monoisotopic (exact) mass is 307 g/mol. The van der Waals surface area contributed by atoms with Crippen molar-refractivity contribution >= 4 is 5.91 Å². The van der Waals surface area contributed by atoms with E-state index < -0.39 is 17.6 Å². The largest absolute Gasteiger partial charge is 0.416 e. The van der Waals surface area contributed by atoms with Gasteiger partial charge in [-0.2, -0.15) is 13.2 Å². The van der Waals surface area contributed by atoms with Crippen LogP contribution >= 0.6 is 0 Å². The Morgan fingerprint density at radius 3 is 2.41 bits per heavy atom. The van der Waals surface area contributed by atoms with Crippen LogP contribution in [-0.4, -0.2) is 12.5 Å². The molecular formula is C17H16F3NO. The van der Waals surface area contributed by atoms with Crippen molar-refractivity contribution in [3.05, 3.63) is 71.3 Å². The number of halogens is 3. The summed E-state index contributed by atoms with van der Waals surface area (Å²) in [6, 6.07) is 14.2. The molecule has 0 aliphatic heterocycles. The lowest BCUT2D eigenvalue weighted by Gasteiger charge is -2.09. The normalized spacial score (nSPS) is 11.2. The van der Waals surface area contributed by atoms with Crippen molar-refractivity contribution in [1.82, 2.24) is 5.32 Å². The van der Waals surface area contributed by atoms with E-state index >= 15 is 0 Å². The molecule has 2 rings (SSSR count). The second-order valence-electron chi connectivity index (χ2n) is 4.92. The van der Waals surface area contributed by atoms with Crippen LogP contribution in [-0.2, 0) is 12.6 Å². The number of benzene rings is 2. The average Bonchev–Trinajstić information content (AvgIpc) is 2.52. The summed E-state index contributed by atoms with van der Waals surface area (Å²) in [5, 5.41) is 2.64. The van der Waals surface area contributed by atoms with Crippen LogP contribution in [0.1, 0.15) is 27.9 Å². The summed E-state index contributed by atoms with van der Waals surface area (Å²) in [5.41, 5.74) is 0.370. The summed E-state index contributed by atoms with van der Waals surface area (Å²) in [5.74, 6) is -0.487. The van der Waals surface area contributed by atoms with Crippen molar-refractivity contribution in [3.63, 3.8) is 0 Å². The number of carbonyl (C=O) groups excluding carboxylic acids is 1. The van der Waals surface area contributed by atoms with Crippen molar-refractivity contribution in [2.45, 2.75) is 19.0 Å². The molecule has 1 N–H and O–H groups in total. The number of amides is 1. The zero-order valence-corrected chi connectivity index (χ0v) is 11.9. The maximum absolute atomic E-state index is 12.6. The minimum Gasteiger partial charge on any atom is -0.352 e. The molecule has 2 aromatic rings. The molecule has 0 bridgehead atoms. The third kappa shape index (κ3) is 4.62. The van der Waals surface area contributed by atoms with Crippen LogP contribution in [0.4, 0.5) is 13.2 Å². The zero-order chi connectivity index (χ0) is 16.0. The van der Waals surface area contributed by atoms with Crippen LogP contribution in [0, 0.1) is 0 Å². The topological polar surface area (TPSA) is 29.1 Å². The summed E-state index contributed by atoms with van der Waals surface area (Å²) in [6.45, 7) is 0.421. The van der Waals surface area contributed by atoms with Gasteiger partial charge in [0.15, 0.2) is 0 Å². The van der Waals surface area contributed by atoms with Gasteiger partial charge < -0.3 is 5.32 Å². The highest BCUT2D eigenvalue weighted by atomic mass is 19.4. The summed E-state index contributed by atoms with van der Waals surface area (Å²) in [7, 11) is 0. The van der Waals surface area contributed by atoms with Crippen molar-refractivity contribution in [2.24, 2.45) is 0 Å². The molecule has 0 unspecified atom stereocenters. The van der Waals surface area contributed by atoms with Gasteiger partial charge in [-0.1, -0.05) is 36.4 Å². The summed E-state index contributed by atoms with van der Waals surface area (Å²) < 4.78 is 37.8. The second kappa shape index (κ2) is 7.11. The van der Waals surface area contributed by atoms with Crippen LogP contribution in [0.2, 0.25) is 0 Å². The van der Waals surface area contributed by atoms with E-state index in [-0.39, 0.29) is 5.56 Å². The number of alkyl halides is 3. The van der Waals surface area contributed by atoms with Crippen LogP contribution < -0.4 is 5.32 Å². The van der Waals surface area contributed by atoms with Gasteiger partial charge >= 0.3 is 6.18 Å². The Morgan fingerprint density at radius 2 is 1.73 bits per heavy atom. The highest BCUT2D eigenvalue weighted by Crippen LogP contribution is 2.29. The van der Waals surface area contributed by atoms with Gasteiger partial charge in [0.1, 0.15) is 0 Å². The minimum absolute atomic E-state index is 0.0227. The van der Waals surface area contributed by atoms with Gasteiger partial charge in [0.25, 0.3) is 5.91 Å². The Labute approximate surface area is 127 Å². The lowest BCUT2D eigenvalue weighted by atomic mass is 10.1. The standard InChI is InChI=1S/C17H16F3NO/c18-17(19,20)15-10-4-9-14(12-15)16(22)21-11-5-8-13-6-2-1-3-7-13/h1-4,6-7,9-10,12H,5,8,11H2,(H,21,22). The highest BCUT2D eigenvalue weighted by Gasteiger charge is 2.30. The first-order chi connectivity index (χ1) is 10.5. The van der Waals surface area contributed by atoms with E-state index in [4.69, 9.17) is 0 Å². The Kier molecular flexibility index (Phi) is 5.20. The van der Waals surface area contributed by atoms with E-state index in [0.29, 0.717) is 6.54 Å². The van der Waals surface area contributed by atoms with Crippen LogP contribution in [0.25, 0.3) is 0 Å². The molecule has 0 heterocycles. The molecule has 0 atom stereocenters. The summed E-state index contributed by atoms with van der Waals surface area (Å²) >= 11 is 0. The number of rotatable bonds is 5. The molecule has 0 fully saturated rings. The molecule has 2 aromatic carbocycles. The summed E-state index contributed by atoms with van der Waals surface area (Å²) in [6.07, 6.45) is -2.90. The molecule has 0 aromatic heterocycles. The van der Waals surface area contributed by atoms with E-state index in [1.165, 1.54) is 12.1 Å². The number of carbonyl (C=O) groups is 1. The van der Waals surface area contributed by atoms with Crippen LogP contribution in [0.3, 0.4) is 0 Å². The quantitative estimate of drug-likeness (QED) is 0.829. The Balaban J connectivity index is 1.85. The van der Waals surface area contributed by atoms with E-state index in [9.17, 15) is 18.0 Å². The van der Waals surface area contributed by atoms with Gasteiger partial charge in [0.05, 0.1) is 5.56 Å². The second-order valence-corrected chi connectivity index (χ2v) is 4.92. The van der Waals surface area contributed by atoms with Crippen LogP contribution in [0.5, 0.6) is 0 Å². The molecule has 22 heavy (non-hydrogen) atoms.